The largest absolute Gasteiger partial charge is 0.489 e. The molecule has 1 N–H and O–H groups in total. The van der Waals surface area contributed by atoms with E-state index in [2.05, 4.69) is 27.2 Å². The van der Waals surface area contributed by atoms with Crippen molar-refractivity contribution in [1.29, 1.82) is 0 Å². The second-order valence-corrected chi connectivity index (χ2v) is 6.80. The first-order chi connectivity index (χ1) is 11.8. The smallest absolute Gasteiger partial charge is 0.120 e. The highest BCUT2D eigenvalue weighted by Crippen LogP contribution is 2.23. The van der Waals surface area contributed by atoms with E-state index in [1.54, 1.807) is 0 Å². The summed E-state index contributed by atoms with van der Waals surface area (Å²) < 4.78 is 6.22. The number of hydrogen-bond acceptors (Lipinski definition) is 3. The van der Waals surface area contributed by atoms with E-state index in [1.165, 1.54) is 5.56 Å². The minimum Gasteiger partial charge on any atom is -0.489 e. The number of hydrogen-bond donors (Lipinski definition) is 1. The molecular weight excluding hydrogens is 357 g/mol. The van der Waals surface area contributed by atoms with Crippen LogP contribution in [-0.4, -0.2) is 34.3 Å². The van der Waals surface area contributed by atoms with Gasteiger partial charge < -0.3 is 4.74 Å². The highest BCUT2D eigenvalue weighted by atomic mass is 35.5. The number of nitrogens with zero attached hydrogens (tertiary/aromatic N) is 2. The SMILES string of the molecule is Cl.Clc1cccc(CN2CCCC(Oc3ccc4[nH]ncc4c3)C2)c1. The number of halogens is 2. The number of ether oxygens (including phenoxy) is 1. The molecule has 1 saturated heterocycles. The van der Waals surface area contributed by atoms with Gasteiger partial charge in [-0.25, -0.2) is 0 Å². The van der Waals surface area contributed by atoms with Crippen LogP contribution in [0.4, 0.5) is 0 Å². The molecule has 2 heterocycles. The lowest BCUT2D eigenvalue weighted by Crippen LogP contribution is -2.40. The van der Waals surface area contributed by atoms with E-state index < -0.39 is 0 Å². The molecule has 0 aliphatic carbocycles. The van der Waals surface area contributed by atoms with Gasteiger partial charge in [-0.05, 0) is 55.3 Å². The summed E-state index contributed by atoms with van der Waals surface area (Å²) in [6.07, 6.45) is 4.30. The van der Waals surface area contributed by atoms with Crippen molar-refractivity contribution in [3.63, 3.8) is 0 Å². The number of piperidine rings is 1. The Hall–Kier alpha value is -1.75. The van der Waals surface area contributed by atoms with E-state index in [4.69, 9.17) is 16.3 Å². The standard InChI is InChI=1S/C19H20ClN3O.ClH/c20-16-4-1-3-14(9-16)12-23-8-2-5-18(13-23)24-17-6-7-19-15(10-17)11-21-22-19;/h1,3-4,6-7,9-11,18H,2,5,8,12-13H2,(H,21,22);1H. The van der Waals surface area contributed by atoms with Crippen LogP contribution in [0.25, 0.3) is 10.9 Å². The Bertz CT molecular complexity index is 836. The van der Waals surface area contributed by atoms with Crippen molar-refractivity contribution >= 4 is 34.9 Å². The zero-order chi connectivity index (χ0) is 16.4. The molecule has 6 heteroatoms. The third-order valence-corrected chi connectivity index (χ3v) is 4.71. The van der Waals surface area contributed by atoms with Crippen molar-refractivity contribution in [1.82, 2.24) is 15.1 Å². The minimum atomic E-state index is 0. The molecule has 4 rings (SSSR count). The van der Waals surface area contributed by atoms with Gasteiger partial charge in [0.15, 0.2) is 0 Å². The van der Waals surface area contributed by atoms with E-state index in [-0.39, 0.29) is 18.5 Å². The molecule has 0 amide bonds. The maximum atomic E-state index is 6.22. The Morgan fingerprint density at radius 1 is 1.24 bits per heavy atom. The second kappa shape index (κ2) is 8.09. The fraction of sp³-hybridized carbons (Fsp3) is 0.316. The van der Waals surface area contributed by atoms with E-state index in [9.17, 15) is 0 Å². The van der Waals surface area contributed by atoms with Gasteiger partial charge in [-0.2, -0.15) is 5.10 Å². The van der Waals surface area contributed by atoms with Gasteiger partial charge >= 0.3 is 0 Å². The number of benzene rings is 2. The van der Waals surface area contributed by atoms with Crippen LogP contribution in [0.5, 0.6) is 5.75 Å². The van der Waals surface area contributed by atoms with Gasteiger partial charge in [0.1, 0.15) is 11.9 Å². The van der Waals surface area contributed by atoms with Crippen molar-refractivity contribution < 1.29 is 4.74 Å². The van der Waals surface area contributed by atoms with Crippen LogP contribution in [0.2, 0.25) is 5.02 Å². The molecule has 3 aromatic rings. The Morgan fingerprint density at radius 2 is 2.16 bits per heavy atom. The molecule has 1 atom stereocenters. The second-order valence-electron chi connectivity index (χ2n) is 6.37. The third kappa shape index (κ3) is 4.46. The lowest BCUT2D eigenvalue weighted by Gasteiger charge is -2.33. The van der Waals surface area contributed by atoms with Crippen molar-refractivity contribution in [2.75, 3.05) is 13.1 Å². The first-order valence-electron chi connectivity index (χ1n) is 8.33. The predicted molar refractivity (Wildman–Crippen MR) is 104 cm³/mol. The molecule has 1 aromatic heterocycles. The maximum absolute atomic E-state index is 6.22. The topological polar surface area (TPSA) is 41.1 Å². The van der Waals surface area contributed by atoms with Gasteiger partial charge in [-0.15, -0.1) is 12.4 Å². The normalized spacial score (nSPS) is 18.0. The number of H-pyrrole nitrogens is 1. The highest BCUT2D eigenvalue weighted by molar-refractivity contribution is 6.30. The summed E-state index contributed by atoms with van der Waals surface area (Å²) in [6, 6.07) is 14.2. The van der Waals surface area contributed by atoms with Gasteiger partial charge in [0.25, 0.3) is 0 Å². The van der Waals surface area contributed by atoms with Crippen molar-refractivity contribution in [2.24, 2.45) is 0 Å². The van der Waals surface area contributed by atoms with Crippen LogP contribution in [0.15, 0.2) is 48.7 Å². The third-order valence-electron chi connectivity index (χ3n) is 4.47. The van der Waals surface area contributed by atoms with E-state index in [1.807, 2.05) is 36.5 Å². The Kier molecular flexibility index (Phi) is 5.84. The number of fused-ring (bicyclic) bond motifs is 1. The molecule has 0 saturated carbocycles. The zero-order valence-electron chi connectivity index (χ0n) is 13.8. The average Bonchev–Trinajstić information content (AvgIpc) is 3.03. The highest BCUT2D eigenvalue weighted by Gasteiger charge is 2.21. The molecule has 0 radical (unpaired) electrons. The zero-order valence-corrected chi connectivity index (χ0v) is 15.4. The molecule has 0 spiro atoms. The molecular formula is C19H21Cl2N3O. The number of aromatic nitrogens is 2. The van der Waals surface area contributed by atoms with Crippen LogP contribution in [0.1, 0.15) is 18.4 Å². The average molecular weight is 378 g/mol. The molecule has 1 aliphatic heterocycles. The molecule has 1 fully saturated rings. The first-order valence-corrected chi connectivity index (χ1v) is 8.71. The summed E-state index contributed by atoms with van der Waals surface area (Å²) in [5.74, 6) is 0.915. The number of aromatic amines is 1. The minimum absolute atomic E-state index is 0. The fourth-order valence-electron chi connectivity index (χ4n) is 3.33. The van der Waals surface area contributed by atoms with Crippen LogP contribution < -0.4 is 4.74 Å². The lowest BCUT2D eigenvalue weighted by molar-refractivity contribution is 0.0844. The van der Waals surface area contributed by atoms with Crippen LogP contribution >= 0.6 is 24.0 Å². The quantitative estimate of drug-likeness (QED) is 0.717. The monoisotopic (exact) mass is 377 g/mol. The lowest BCUT2D eigenvalue weighted by atomic mass is 10.1. The molecule has 25 heavy (non-hydrogen) atoms. The van der Waals surface area contributed by atoms with Crippen molar-refractivity contribution in [2.45, 2.75) is 25.5 Å². The summed E-state index contributed by atoms with van der Waals surface area (Å²) in [4.78, 5) is 2.44. The van der Waals surface area contributed by atoms with E-state index in [0.717, 1.165) is 54.2 Å². The van der Waals surface area contributed by atoms with Crippen molar-refractivity contribution in [3.05, 3.63) is 59.2 Å². The Morgan fingerprint density at radius 3 is 3.04 bits per heavy atom. The molecule has 1 unspecified atom stereocenters. The van der Waals surface area contributed by atoms with Crippen LogP contribution in [-0.2, 0) is 6.54 Å². The Balaban J connectivity index is 0.00000182. The fourth-order valence-corrected chi connectivity index (χ4v) is 3.55. The summed E-state index contributed by atoms with van der Waals surface area (Å²) in [5.41, 5.74) is 2.29. The molecule has 1 aliphatic rings. The summed E-state index contributed by atoms with van der Waals surface area (Å²) >= 11 is 6.09. The van der Waals surface area contributed by atoms with Gasteiger partial charge in [0.05, 0.1) is 11.7 Å². The van der Waals surface area contributed by atoms with E-state index >= 15 is 0 Å². The Labute approximate surface area is 158 Å². The number of nitrogens with one attached hydrogen (secondary N) is 1. The number of likely N-dealkylation sites (tertiary alicyclic amines) is 1. The summed E-state index contributed by atoms with van der Waals surface area (Å²) in [7, 11) is 0. The predicted octanol–water partition coefficient (Wildman–Crippen LogP) is 4.68. The number of rotatable bonds is 4. The maximum Gasteiger partial charge on any atom is 0.120 e. The van der Waals surface area contributed by atoms with Gasteiger partial charge in [-0.3, -0.25) is 10.00 Å². The summed E-state index contributed by atoms with van der Waals surface area (Å²) in [5, 5.41) is 8.90. The molecule has 2 aromatic carbocycles. The van der Waals surface area contributed by atoms with E-state index in [0.29, 0.717) is 0 Å². The molecule has 132 valence electrons. The molecule has 0 bridgehead atoms. The van der Waals surface area contributed by atoms with Crippen LogP contribution in [0, 0.1) is 0 Å². The van der Waals surface area contributed by atoms with Gasteiger partial charge in [-0.1, -0.05) is 23.7 Å². The van der Waals surface area contributed by atoms with Crippen LogP contribution in [0.3, 0.4) is 0 Å². The summed E-state index contributed by atoms with van der Waals surface area (Å²) in [6.45, 7) is 2.96. The van der Waals surface area contributed by atoms with Crippen molar-refractivity contribution in [3.8, 4) is 5.75 Å². The molecule has 4 nitrogen and oxygen atoms in total. The first kappa shape index (κ1) is 18.1. The van der Waals surface area contributed by atoms with Gasteiger partial charge in [0, 0.05) is 23.5 Å². The van der Waals surface area contributed by atoms with Gasteiger partial charge in [0.2, 0.25) is 0 Å².